The van der Waals surface area contributed by atoms with E-state index in [4.69, 9.17) is 19.6 Å². The molecule has 0 bridgehead atoms. The molecule has 0 aromatic heterocycles. The first kappa shape index (κ1) is 36.6. The third-order valence-corrected chi connectivity index (χ3v) is 8.73. The quantitative estimate of drug-likeness (QED) is 0.0348. The van der Waals surface area contributed by atoms with Crippen molar-refractivity contribution in [2.45, 2.75) is 37.2 Å². The van der Waals surface area contributed by atoms with Crippen LogP contribution in [0.1, 0.15) is 40.3 Å². The molecule has 2 atom stereocenters. The highest BCUT2D eigenvalue weighted by Gasteiger charge is 2.53. The third kappa shape index (κ3) is 8.67. The molecule has 0 spiro atoms. The second-order valence-corrected chi connectivity index (χ2v) is 12.3. The number of aliphatic imine (C=N–C) groups is 1. The SMILES string of the molecule is [N-]=[N+]=Nc1ccccc1C[C@]1(C(=O)NNCc2ccc(C(F)(F)F)cc2)N=C(c2ccc(OCCCO)cc2)O[C@H]1c1ccc(-c2ccccc2)cc1. The second-order valence-electron chi connectivity index (χ2n) is 12.3. The van der Waals surface area contributed by atoms with E-state index in [2.05, 4.69) is 20.9 Å². The number of carbonyl (C=O) groups is 1. The first-order valence-electron chi connectivity index (χ1n) is 16.8. The number of benzene rings is 5. The van der Waals surface area contributed by atoms with Crippen LogP contribution in [0, 0.1) is 0 Å². The summed E-state index contributed by atoms with van der Waals surface area (Å²) in [5, 5.41) is 13.0. The highest BCUT2D eigenvalue weighted by molar-refractivity contribution is 6.01. The standard InChI is InChI=1S/C40H35F3N6O4/c41-40(42,43)33-19-11-27(12-20-33)26-45-48-38(51)39(25-32-9-4-5-10-35(32)47-49-44)36(30-15-13-29(14-16-30)28-7-2-1-3-8-28)53-37(46-39)31-17-21-34(22-18-31)52-24-6-23-50/h1-5,7-22,36,45,50H,6,23-26H2,(H,48,51)/t36-,39-/m0/s1. The lowest BCUT2D eigenvalue weighted by molar-refractivity contribution is -0.137. The van der Waals surface area contributed by atoms with Crippen molar-refractivity contribution in [3.8, 4) is 16.9 Å². The molecule has 0 saturated heterocycles. The minimum Gasteiger partial charge on any atom is -0.494 e. The van der Waals surface area contributed by atoms with Gasteiger partial charge in [-0.15, -0.1) is 0 Å². The number of nitrogens with zero attached hydrogens (tertiary/aromatic N) is 4. The third-order valence-electron chi connectivity index (χ3n) is 8.73. The fraction of sp³-hybridized carbons (Fsp3) is 0.200. The van der Waals surface area contributed by atoms with Crippen LogP contribution in [0.5, 0.6) is 5.75 Å². The van der Waals surface area contributed by atoms with Crippen LogP contribution >= 0.6 is 0 Å². The lowest BCUT2D eigenvalue weighted by atomic mass is 9.81. The number of carbonyl (C=O) groups excluding carboxylic acids is 1. The second kappa shape index (κ2) is 16.5. The van der Waals surface area contributed by atoms with Gasteiger partial charge < -0.3 is 14.6 Å². The number of alkyl halides is 3. The van der Waals surface area contributed by atoms with E-state index in [0.717, 1.165) is 23.3 Å². The topological polar surface area (TPSA) is 141 Å². The van der Waals surface area contributed by atoms with Gasteiger partial charge in [0.25, 0.3) is 5.91 Å². The van der Waals surface area contributed by atoms with E-state index in [0.29, 0.717) is 46.7 Å². The molecule has 3 N–H and O–H groups in total. The number of hydrazine groups is 1. The smallest absolute Gasteiger partial charge is 0.416 e. The molecule has 1 aliphatic heterocycles. The Hall–Kier alpha value is -6.14. The predicted molar refractivity (Wildman–Crippen MR) is 194 cm³/mol. The lowest BCUT2D eigenvalue weighted by Crippen LogP contribution is -2.53. The molecular formula is C40H35F3N6O4. The zero-order valence-corrected chi connectivity index (χ0v) is 28.3. The number of aliphatic hydroxyl groups excluding tert-OH is 1. The maximum absolute atomic E-state index is 14.6. The molecule has 1 aliphatic rings. The normalized spacial score (nSPS) is 16.6. The van der Waals surface area contributed by atoms with Crippen LogP contribution in [-0.4, -0.2) is 35.7 Å². The lowest BCUT2D eigenvalue weighted by Gasteiger charge is -2.31. The predicted octanol–water partition coefficient (Wildman–Crippen LogP) is 8.40. The average molecular weight is 721 g/mol. The van der Waals surface area contributed by atoms with Gasteiger partial charge in [-0.1, -0.05) is 96.1 Å². The molecule has 0 aliphatic carbocycles. The highest BCUT2D eigenvalue weighted by Crippen LogP contribution is 2.44. The van der Waals surface area contributed by atoms with Gasteiger partial charge >= 0.3 is 6.18 Å². The van der Waals surface area contributed by atoms with Crippen LogP contribution in [0.15, 0.2) is 138 Å². The monoisotopic (exact) mass is 720 g/mol. The van der Waals surface area contributed by atoms with E-state index < -0.39 is 29.3 Å². The molecule has 0 fully saturated rings. The number of nitrogens with one attached hydrogen (secondary N) is 2. The molecule has 270 valence electrons. The summed E-state index contributed by atoms with van der Waals surface area (Å²) in [6.45, 7) is 0.352. The molecule has 53 heavy (non-hydrogen) atoms. The summed E-state index contributed by atoms with van der Waals surface area (Å²) in [7, 11) is 0. The van der Waals surface area contributed by atoms with E-state index in [1.165, 1.54) is 12.1 Å². The van der Waals surface area contributed by atoms with E-state index in [1.807, 2.05) is 54.6 Å². The van der Waals surface area contributed by atoms with Crippen molar-refractivity contribution in [1.29, 1.82) is 0 Å². The molecule has 1 heterocycles. The highest BCUT2D eigenvalue weighted by atomic mass is 19.4. The Morgan fingerprint density at radius 3 is 2.23 bits per heavy atom. The molecular weight excluding hydrogens is 685 g/mol. The van der Waals surface area contributed by atoms with Crippen LogP contribution in [0.2, 0.25) is 0 Å². The largest absolute Gasteiger partial charge is 0.494 e. The Morgan fingerprint density at radius 1 is 0.887 bits per heavy atom. The molecule has 1 amide bonds. The van der Waals surface area contributed by atoms with Crippen molar-refractivity contribution in [1.82, 2.24) is 10.9 Å². The molecule has 0 saturated carbocycles. The van der Waals surface area contributed by atoms with Crippen molar-refractivity contribution < 1.29 is 32.5 Å². The van der Waals surface area contributed by atoms with E-state index in [1.54, 1.807) is 48.5 Å². The van der Waals surface area contributed by atoms with Crippen molar-refractivity contribution in [3.63, 3.8) is 0 Å². The minimum atomic E-state index is -4.47. The van der Waals surface area contributed by atoms with Crippen molar-refractivity contribution in [3.05, 3.63) is 166 Å². The van der Waals surface area contributed by atoms with Crippen molar-refractivity contribution in [2.24, 2.45) is 10.1 Å². The number of azide groups is 1. The average Bonchev–Trinajstić information content (AvgIpc) is 3.56. The molecule has 10 nitrogen and oxygen atoms in total. The molecule has 0 unspecified atom stereocenters. The number of halogens is 3. The molecule has 13 heteroatoms. The Bertz CT molecular complexity index is 2090. The summed E-state index contributed by atoms with van der Waals surface area (Å²) in [5.41, 5.74) is 17.0. The van der Waals surface area contributed by atoms with Gasteiger partial charge in [-0.25, -0.2) is 10.4 Å². The number of aliphatic hydroxyl groups is 1. The number of hydrogen-bond acceptors (Lipinski definition) is 7. The van der Waals surface area contributed by atoms with Gasteiger partial charge in [-0.2, -0.15) is 13.2 Å². The van der Waals surface area contributed by atoms with Gasteiger partial charge in [0.2, 0.25) is 5.90 Å². The van der Waals surface area contributed by atoms with Crippen molar-refractivity contribution in [2.75, 3.05) is 13.2 Å². The molecule has 5 aromatic carbocycles. The van der Waals surface area contributed by atoms with Gasteiger partial charge in [0.1, 0.15) is 5.75 Å². The number of amides is 1. The first-order chi connectivity index (χ1) is 25.7. The fourth-order valence-corrected chi connectivity index (χ4v) is 6.01. The molecule has 6 rings (SSSR count). The molecule has 0 radical (unpaired) electrons. The van der Waals surface area contributed by atoms with Crippen LogP contribution < -0.4 is 15.6 Å². The van der Waals surface area contributed by atoms with Gasteiger partial charge in [-0.05, 0) is 69.7 Å². The van der Waals surface area contributed by atoms with Gasteiger partial charge in [0.05, 0.1) is 12.2 Å². The summed E-state index contributed by atoms with van der Waals surface area (Å²) >= 11 is 0. The van der Waals surface area contributed by atoms with Crippen LogP contribution in [0.4, 0.5) is 18.9 Å². The van der Waals surface area contributed by atoms with Crippen LogP contribution in [0.3, 0.4) is 0 Å². The number of rotatable bonds is 14. The number of ether oxygens (including phenoxy) is 2. The van der Waals surface area contributed by atoms with Crippen molar-refractivity contribution >= 4 is 17.5 Å². The van der Waals surface area contributed by atoms with E-state index in [9.17, 15) is 23.5 Å². The number of hydrogen-bond donors (Lipinski definition) is 3. The maximum Gasteiger partial charge on any atom is 0.416 e. The van der Waals surface area contributed by atoms with E-state index >= 15 is 0 Å². The van der Waals surface area contributed by atoms with E-state index in [-0.39, 0.29) is 25.5 Å². The van der Waals surface area contributed by atoms with Crippen LogP contribution in [0.25, 0.3) is 21.6 Å². The van der Waals surface area contributed by atoms with Gasteiger partial charge in [0.15, 0.2) is 11.6 Å². The first-order valence-corrected chi connectivity index (χ1v) is 16.8. The zero-order valence-electron chi connectivity index (χ0n) is 28.3. The van der Waals surface area contributed by atoms with Gasteiger partial charge in [0, 0.05) is 42.2 Å². The fourth-order valence-electron chi connectivity index (χ4n) is 6.01. The summed E-state index contributed by atoms with van der Waals surface area (Å²) in [4.78, 5) is 22.6. The summed E-state index contributed by atoms with van der Waals surface area (Å²) in [6, 6.07) is 35.9. The summed E-state index contributed by atoms with van der Waals surface area (Å²) in [5.74, 6) is 0.174. The zero-order chi connectivity index (χ0) is 37.3. The minimum absolute atomic E-state index is 0.00257. The Labute approximate surface area is 303 Å². The Morgan fingerprint density at radius 2 is 1.55 bits per heavy atom. The van der Waals surface area contributed by atoms with Crippen LogP contribution in [-0.2, 0) is 28.7 Å². The Kier molecular flexibility index (Phi) is 11.4. The van der Waals surface area contributed by atoms with Gasteiger partial charge in [-0.3, -0.25) is 10.2 Å². The Balaban J connectivity index is 1.39. The maximum atomic E-state index is 14.6. The summed E-state index contributed by atoms with van der Waals surface area (Å²) in [6.07, 6.45) is -5.02. The summed E-state index contributed by atoms with van der Waals surface area (Å²) < 4.78 is 51.7. The molecule has 5 aromatic rings.